The first-order valence-electron chi connectivity index (χ1n) is 8.57. The van der Waals surface area contributed by atoms with Crippen LogP contribution in [-0.4, -0.2) is 75.5 Å². The second-order valence-corrected chi connectivity index (χ2v) is 6.32. The zero-order valence-corrected chi connectivity index (χ0v) is 14.4. The third kappa shape index (κ3) is 3.62. The Morgan fingerprint density at radius 2 is 2.00 bits per heavy atom. The van der Waals surface area contributed by atoms with Crippen molar-refractivity contribution in [3.8, 4) is 17.1 Å². The Kier molecular flexibility index (Phi) is 4.58. The summed E-state index contributed by atoms with van der Waals surface area (Å²) in [6.07, 6.45) is 7.08. The van der Waals surface area contributed by atoms with E-state index in [9.17, 15) is 0 Å². The van der Waals surface area contributed by atoms with Gasteiger partial charge in [-0.15, -0.1) is 0 Å². The summed E-state index contributed by atoms with van der Waals surface area (Å²) in [4.78, 5) is 17.5. The Hall–Kier alpha value is -2.51. The van der Waals surface area contributed by atoms with Crippen LogP contribution in [0.2, 0.25) is 0 Å². The Morgan fingerprint density at radius 1 is 1.12 bits per heavy atom. The zero-order valence-electron chi connectivity index (χ0n) is 14.4. The van der Waals surface area contributed by atoms with Crippen molar-refractivity contribution < 1.29 is 4.74 Å². The van der Waals surface area contributed by atoms with E-state index in [1.165, 1.54) is 0 Å². The Bertz CT molecular complexity index is 826. The maximum absolute atomic E-state index is 5.92. The molecule has 7 nitrogen and oxygen atoms in total. The number of aromatic nitrogens is 4. The van der Waals surface area contributed by atoms with Gasteiger partial charge >= 0.3 is 0 Å². The van der Waals surface area contributed by atoms with Crippen LogP contribution in [0.5, 0.6) is 5.75 Å². The molecule has 1 aliphatic heterocycles. The first-order valence-corrected chi connectivity index (χ1v) is 8.57. The lowest BCUT2D eigenvalue weighted by atomic mass is 10.3. The molecule has 3 aromatic rings. The van der Waals surface area contributed by atoms with E-state index < -0.39 is 0 Å². The highest BCUT2D eigenvalue weighted by Gasteiger charge is 2.13. The first kappa shape index (κ1) is 16.0. The van der Waals surface area contributed by atoms with E-state index >= 15 is 0 Å². The SMILES string of the molecule is CN1CCN(CCOc2ccn3c(-c4ccncn4)cnc3c2)CC1. The van der Waals surface area contributed by atoms with E-state index in [2.05, 4.69) is 31.8 Å². The third-order valence-electron chi connectivity index (χ3n) is 4.60. The molecule has 7 heteroatoms. The summed E-state index contributed by atoms with van der Waals surface area (Å²) in [5.41, 5.74) is 2.65. The third-order valence-corrected chi connectivity index (χ3v) is 4.60. The van der Waals surface area contributed by atoms with Gasteiger partial charge in [-0.1, -0.05) is 0 Å². The summed E-state index contributed by atoms with van der Waals surface area (Å²) in [7, 11) is 2.17. The summed E-state index contributed by atoms with van der Waals surface area (Å²) in [5.74, 6) is 0.849. The largest absolute Gasteiger partial charge is 0.492 e. The summed E-state index contributed by atoms with van der Waals surface area (Å²) in [5, 5.41) is 0. The topological polar surface area (TPSA) is 58.8 Å². The lowest BCUT2D eigenvalue weighted by Crippen LogP contribution is -2.45. The standard InChI is InChI=1S/C18H22N6O/c1-22-6-8-23(9-7-22)10-11-25-15-3-5-24-17(13-20-18(24)12-15)16-2-4-19-14-21-16/h2-5,12-14H,6-11H2,1H3. The second kappa shape index (κ2) is 7.16. The van der Waals surface area contributed by atoms with E-state index in [0.29, 0.717) is 6.61 Å². The molecule has 1 aliphatic rings. The first-order chi connectivity index (χ1) is 12.3. The van der Waals surface area contributed by atoms with Crippen LogP contribution in [0.1, 0.15) is 0 Å². The molecule has 1 saturated heterocycles. The van der Waals surface area contributed by atoms with E-state index in [0.717, 1.165) is 55.5 Å². The molecular formula is C18H22N6O. The van der Waals surface area contributed by atoms with Crippen molar-refractivity contribution in [3.63, 3.8) is 0 Å². The highest BCUT2D eigenvalue weighted by Crippen LogP contribution is 2.21. The number of hydrogen-bond donors (Lipinski definition) is 0. The minimum Gasteiger partial charge on any atom is -0.492 e. The van der Waals surface area contributed by atoms with Gasteiger partial charge in [-0.05, 0) is 19.2 Å². The highest BCUT2D eigenvalue weighted by molar-refractivity contribution is 5.60. The average molecular weight is 338 g/mol. The minimum absolute atomic E-state index is 0.694. The summed E-state index contributed by atoms with van der Waals surface area (Å²) in [6.45, 7) is 6.14. The van der Waals surface area contributed by atoms with E-state index in [4.69, 9.17) is 4.74 Å². The van der Waals surface area contributed by atoms with Crippen molar-refractivity contribution >= 4 is 5.65 Å². The quantitative estimate of drug-likeness (QED) is 0.701. The number of rotatable bonds is 5. The zero-order chi connectivity index (χ0) is 17.1. The summed E-state index contributed by atoms with van der Waals surface area (Å²) in [6, 6.07) is 5.82. The number of pyridine rings is 1. The van der Waals surface area contributed by atoms with Crippen molar-refractivity contribution in [2.45, 2.75) is 0 Å². The number of piperazine rings is 1. The number of nitrogens with zero attached hydrogens (tertiary/aromatic N) is 6. The molecule has 0 aliphatic carbocycles. The van der Waals surface area contributed by atoms with Gasteiger partial charge in [0.2, 0.25) is 0 Å². The number of fused-ring (bicyclic) bond motifs is 1. The molecule has 0 radical (unpaired) electrons. The molecule has 0 bridgehead atoms. The molecule has 0 amide bonds. The molecule has 0 atom stereocenters. The summed E-state index contributed by atoms with van der Waals surface area (Å²) < 4.78 is 7.93. The molecule has 3 aromatic heterocycles. The average Bonchev–Trinajstić information content (AvgIpc) is 3.07. The molecule has 0 N–H and O–H groups in total. The van der Waals surface area contributed by atoms with E-state index in [1.807, 2.05) is 35.0 Å². The maximum atomic E-state index is 5.92. The lowest BCUT2D eigenvalue weighted by molar-refractivity contribution is 0.134. The molecule has 25 heavy (non-hydrogen) atoms. The lowest BCUT2D eigenvalue weighted by Gasteiger charge is -2.32. The van der Waals surface area contributed by atoms with Crippen LogP contribution in [0.25, 0.3) is 17.0 Å². The maximum Gasteiger partial charge on any atom is 0.140 e. The molecule has 0 spiro atoms. The fourth-order valence-electron chi connectivity index (χ4n) is 3.05. The number of likely N-dealkylation sites (N-methyl/N-ethyl adjacent to an activating group) is 1. The van der Waals surface area contributed by atoms with Crippen molar-refractivity contribution in [3.05, 3.63) is 43.1 Å². The molecule has 4 rings (SSSR count). The van der Waals surface area contributed by atoms with Crippen LogP contribution in [-0.2, 0) is 0 Å². The van der Waals surface area contributed by atoms with Crippen LogP contribution in [0.3, 0.4) is 0 Å². The van der Waals surface area contributed by atoms with Gasteiger partial charge in [0.05, 0.1) is 17.6 Å². The van der Waals surface area contributed by atoms with E-state index in [-0.39, 0.29) is 0 Å². The fraction of sp³-hybridized carbons (Fsp3) is 0.389. The van der Waals surface area contributed by atoms with Gasteiger partial charge < -0.3 is 9.64 Å². The molecule has 4 heterocycles. The van der Waals surface area contributed by atoms with E-state index in [1.54, 1.807) is 12.5 Å². The summed E-state index contributed by atoms with van der Waals surface area (Å²) >= 11 is 0. The smallest absolute Gasteiger partial charge is 0.140 e. The van der Waals surface area contributed by atoms with Crippen LogP contribution in [0.15, 0.2) is 43.1 Å². The predicted molar refractivity (Wildman–Crippen MR) is 95.7 cm³/mol. The Balaban J connectivity index is 1.40. The molecule has 0 saturated carbocycles. The van der Waals surface area contributed by atoms with Crippen LogP contribution < -0.4 is 4.74 Å². The Morgan fingerprint density at radius 3 is 2.80 bits per heavy atom. The van der Waals surface area contributed by atoms with Crippen molar-refractivity contribution in [2.24, 2.45) is 0 Å². The van der Waals surface area contributed by atoms with Crippen molar-refractivity contribution in [1.82, 2.24) is 29.2 Å². The number of hydrogen-bond acceptors (Lipinski definition) is 6. The van der Waals surface area contributed by atoms with Gasteiger partial charge in [-0.2, -0.15) is 0 Å². The monoisotopic (exact) mass is 338 g/mol. The normalized spacial score (nSPS) is 16.4. The highest BCUT2D eigenvalue weighted by atomic mass is 16.5. The predicted octanol–water partition coefficient (Wildman–Crippen LogP) is 1.42. The van der Waals surface area contributed by atoms with Crippen LogP contribution in [0, 0.1) is 0 Å². The van der Waals surface area contributed by atoms with Gasteiger partial charge in [0.1, 0.15) is 24.3 Å². The van der Waals surface area contributed by atoms with Gasteiger partial charge in [0.25, 0.3) is 0 Å². The Labute approximate surface area is 146 Å². The second-order valence-electron chi connectivity index (χ2n) is 6.32. The molecule has 0 unspecified atom stereocenters. The van der Waals surface area contributed by atoms with Crippen LogP contribution >= 0.6 is 0 Å². The minimum atomic E-state index is 0.694. The van der Waals surface area contributed by atoms with Gasteiger partial charge in [-0.25, -0.2) is 15.0 Å². The van der Waals surface area contributed by atoms with Crippen molar-refractivity contribution in [1.29, 1.82) is 0 Å². The molecule has 130 valence electrons. The number of imidazole rings is 1. The molecular weight excluding hydrogens is 316 g/mol. The van der Waals surface area contributed by atoms with Gasteiger partial charge in [0, 0.05) is 51.2 Å². The molecule has 0 aromatic carbocycles. The fourth-order valence-corrected chi connectivity index (χ4v) is 3.05. The molecule has 1 fully saturated rings. The number of ether oxygens (including phenoxy) is 1. The van der Waals surface area contributed by atoms with Crippen LogP contribution in [0.4, 0.5) is 0 Å². The van der Waals surface area contributed by atoms with Gasteiger partial charge in [0.15, 0.2) is 0 Å². The van der Waals surface area contributed by atoms with Gasteiger partial charge in [-0.3, -0.25) is 9.30 Å². The van der Waals surface area contributed by atoms with Crippen molar-refractivity contribution in [2.75, 3.05) is 46.4 Å².